The van der Waals surface area contributed by atoms with Gasteiger partial charge in [-0.15, -0.1) is 0 Å². The number of halogens is 2. The van der Waals surface area contributed by atoms with Gasteiger partial charge < -0.3 is 15.1 Å². The zero-order valence-electron chi connectivity index (χ0n) is 9.52. The first-order chi connectivity index (χ1) is 8.45. The highest BCUT2D eigenvalue weighted by atomic mass is 35.5. The van der Waals surface area contributed by atoms with Crippen molar-refractivity contribution in [3.63, 3.8) is 0 Å². The maximum Gasteiger partial charge on any atom is 0.336 e. The highest BCUT2D eigenvalue weighted by Gasteiger charge is 2.30. The molecule has 0 radical (unpaired) electrons. The standard InChI is InChI=1S/C12H11ClFNO3/c1-2-15-5-7(12(17)18)11(16)6-3-9(14)8(13)4-10(6)15/h3-5,11,16H,2H2,1H3,(H,17,18). The zero-order valence-corrected chi connectivity index (χ0v) is 10.3. The van der Waals surface area contributed by atoms with Crippen LogP contribution in [0.5, 0.6) is 0 Å². The number of aliphatic hydroxyl groups is 1. The first-order valence-electron chi connectivity index (χ1n) is 5.34. The van der Waals surface area contributed by atoms with Crippen molar-refractivity contribution in [1.29, 1.82) is 0 Å². The van der Waals surface area contributed by atoms with Crippen LogP contribution in [0.1, 0.15) is 18.6 Å². The second-order valence-corrected chi connectivity index (χ2v) is 4.31. The Morgan fingerprint density at radius 2 is 2.22 bits per heavy atom. The molecule has 0 saturated carbocycles. The minimum Gasteiger partial charge on any atom is -0.478 e. The Labute approximate surface area is 108 Å². The Bertz CT molecular complexity index is 544. The van der Waals surface area contributed by atoms with Gasteiger partial charge in [0.1, 0.15) is 11.9 Å². The molecule has 1 heterocycles. The fourth-order valence-corrected chi connectivity index (χ4v) is 2.09. The van der Waals surface area contributed by atoms with Gasteiger partial charge in [-0.2, -0.15) is 0 Å². The summed E-state index contributed by atoms with van der Waals surface area (Å²) >= 11 is 5.69. The third kappa shape index (κ3) is 1.95. The van der Waals surface area contributed by atoms with Crippen LogP contribution in [0.3, 0.4) is 0 Å². The molecule has 0 amide bonds. The molecule has 0 spiro atoms. The largest absolute Gasteiger partial charge is 0.478 e. The van der Waals surface area contributed by atoms with Gasteiger partial charge >= 0.3 is 5.97 Å². The Morgan fingerprint density at radius 3 is 2.78 bits per heavy atom. The van der Waals surface area contributed by atoms with Crippen molar-refractivity contribution in [2.75, 3.05) is 11.4 Å². The summed E-state index contributed by atoms with van der Waals surface area (Å²) in [6.07, 6.45) is -0.0177. The number of nitrogens with zero attached hydrogens (tertiary/aromatic N) is 1. The van der Waals surface area contributed by atoms with Gasteiger partial charge in [-0.25, -0.2) is 9.18 Å². The molecule has 96 valence electrons. The zero-order chi connectivity index (χ0) is 13.4. The molecule has 1 unspecified atom stereocenters. The molecule has 1 atom stereocenters. The van der Waals surface area contributed by atoms with Crippen LogP contribution in [0.25, 0.3) is 0 Å². The molecule has 1 aliphatic heterocycles. The highest BCUT2D eigenvalue weighted by molar-refractivity contribution is 6.31. The number of benzene rings is 1. The van der Waals surface area contributed by atoms with Crippen LogP contribution in [-0.4, -0.2) is 22.7 Å². The molecule has 18 heavy (non-hydrogen) atoms. The molecule has 2 rings (SSSR count). The van der Waals surface area contributed by atoms with Crippen LogP contribution >= 0.6 is 11.6 Å². The summed E-state index contributed by atoms with van der Waals surface area (Å²) in [5, 5.41) is 18.9. The van der Waals surface area contributed by atoms with E-state index in [1.165, 1.54) is 12.3 Å². The van der Waals surface area contributed by atoms with E-state index in [9.17, 15) is 14.3 Å². The number of fused-ring (bicyclic) bond motifs is 1. The van der Waals surface area contributed by atoms with Gasteiger partial charge in [0.15, 0.2) is 0 Å². The van der Waals surface area contributed by atoms with Crippen LogP contribution in [0.4, 0.5) is 10.1 Å². The number of rotatable bonds is 2. The molecule has 0 aliphatic carbocycles. The monoisotopic (exact) mass is 271 g/mol. The number of aliphatic hydroxyl groups excluding tert-OH is 1. The van der Waals surface area contributed by atoms with E-state index in [1.807, 2.05) is 6.92 Å². The van der Waals surface area contributed by atoms with E-state index >= 15 is 0 Å². The average molecular weight is 272 g/mol. The summed E-state index contributed by atoms with van der Waals surface area (Å²) < 4.78 is 13.4. The summed E-state index contributed by atoms with van der Waals surface area (Å²) in [6, 6.07) is 2.45. The number of hydrogen-bond donors (Lipinski definition) is 2. The second kappa shape index (κ2) is 4.59. The molecule has 1 aromatic rings. The van der Waals surface area contributed by atoms with Gasteiger partial charge in [-0.3, -0.25) is 0 Å². The van der Waals surface area contributed by atoms with Gasteiger partial charge in [0, 0.05) is 24.0 Å². The summed E-state index contributed by atoms with van der Waals surface area (Å²) in [6.45, 7) is 2.30. The lowest BCUT2D eigenvalue weighted by Gasteiger charge is -2.30. The fraction of sp³-hybridized carbons (Fsp3) is 0.250. The summed E-state index contributed by atoms with van der Waals surface area (Å²) in [4.78, 5) is 12.6. The quantitative estimate of drug-likeness (QED) is 0.867. The highest BCUT2D eigenvalue weighted by Crippen LogP contribution is 2.38. The molecular formula is C12H11ClFNO3. The molecule has 4 nitrogen and oxygen atoms in total. The van der Waals surface area contributed by atoms with E-state index in [2.05, 4.69) is 0 Å². The molecule has 0 bridgehead atoms. The van der Waals surface area contributed by atoms with Gasteiger partial charge in [0.25, 0.3) is 0 Å². The van der Waals surface area contributed by atoms with E-state index in [0.29, 0.717) is 12.2 Å². The maximum absolute atomic E-state index is 13.4. The van der Waals surface area contributed by atoms with Crippen LogP contribution < -0.4 is 4.90 Å². The Morgan fingerprint density at radius 1 is 1.56 bits per heavy atom. The lowest BCUT2D eigenvalue weighted by atomic mass is 9.96. The normalized spacial score (nSPS) is 18.3. The SMILES string of the molecule is CCN1C=C(C(=O)O)C(O)c2cc(F)c(Cl)cc21. The lowest BCUT2D eigenvalue weighted by molar-refractivity contribution is -0.133. The molecule has 0 fully saturated rings. The number of carbonyl (C=O) groups is 1. The Kier molecular flexibility index (Phi) is 3.28. The van der Waals surface area contributed by atoms with E-state index in [0.717, 1.165) is 6.07 Å². The minimum absolute atomic E-state index is 0.0634. The van der Waals surface area contributed by atoms with Crippen LogP contribution in [0, 0.1) is 5.82 Å². The van der Waals surface area contributed by atoms with Crippen molar-refractivity contribution in [3.8, 4) is 0 Å². The first-order valence-corrected chi connectivity index (χ1v) is 5.72. The number of aliphatic carboxylic acids is 1. The third-order valence-electron chi connectivity index (χ3n) is 2.85. The van der Waals surface area contributed by atoms with Crippen molar-refractivity contribution in [1.82, 2.24) is 0 Å². The molecule has 1 aliphatic rings. The van der Waals surface area contributed by atoms with E-state index in [4.69, 9.17) is 16.7 Å². The molecule has 0 aromatic heterocycles. The lowest BCUT2D eigenvalue weighted by Crippen LogP contribution is -2.27. The van der Waals surface area contributed by atoms with Gasteiger partial charge in [0.2, 0.25) is 0 Å². The second-order valence-electron chi connectivity index (χ2n) is 3.90. The molecule has 1 aromatic carbocycles. The first kappa shape index (κ1) is 12.9. The number of carboxylic acid groups (broad SMARTS) is 1. The van der Waals surface area contributed by atoms with Gasteiger partial charge in [-0.05, 0) is 19.1 Å². The van der Waals surface area contributed by atoms with Crippen molar-refractivity contribution >= 4 is 23.3 Å². The van der Waals surface area contributed by atoms with E-state index in [1.54, 1.807) is 4.90 Å². The maximum atomic E-state index is 13.4. The predicted molar refractivity (Wildman–Crippen MR) is 65.1 cm³/mol. The van der Waals surface area contributed by atoms with Crippen LogP contribution in [0.15, 0.2) is 23.9 Å². The predicted octanol–water partition coefficient (Wildman–Crippen LogP) is 2.32. The van der Waals surface area contributed by atoms with E-state index < -0.39 is 17.9 Å². The van der Waals surface area contributed by atoms with Crippen molar-refractivity contribution < 1.29 is 19.4 Å². The Balaban J connectivity index is 2.61. The topological polar surface area (TPSA) is 60.8 Å². The van der Waals surface area contributed by atoms with E-state index in [-0.39, 0.29) is 16.2 Å². The molecular weight excluding hydrogens is 261 g/mol. The number of anilines is 1. The molecule has 0 saturated heterocycles. The summed E-state index contributed by atoms with van der Waals surface area (Å²) in [5.41, 5.74) is 0.533. The smallest absolute Gasteiger partial charge is 0.336 e. The molecule has 2 N–H and O–H groups in total. The average Bonchev–Trinajstić information content (AvgIpc) is 2.32. The molecule has 6 heteroatoms. The fourth-order valence-electron chi connectivity index (χ4n) is 1.93. The summed E-state index contributed by atoms with van der Waals surface area (Å²) in [5.74, 6) is -1.92. The van der Waals surface area contributed by atoms with Crippen molar-refractivity contribution in [2.45, 2.75) is 13.0 Å². The summed E-state index contributed by atoms with van der Waals surface area (Å²) in [7, 11) is 0. The van der Waals surface area contributed by atoms with Crippen molar-refractivity contribution in [2.24, 2.45) is 0 Å². The van der Waals surface area contributed by atoms with Gasteiger partial charge in [0.05, 0.1) is 10.6 Å². The number of carboxylic acids is 1. The van der Waals surface area contributed by atoms with Gasteiger partial charge in [-0.1, -0.05) is 11.6 Å². The third-order valence-corrected chi connectivity index (χ3v) is 3.14. The van der Waals surface area contributed by atoms with Crippen LogP contribution in [0.2, 0.25) is 5.02 Å². The van der Waals surface area contributed by atoms with Crippen molar-refractivity contribution in [3.05, 3.63) is 40.3 Å². The van der Waals surface area contributed by atoms with Crippen LogP contribution in [-0.2, 0) is 4.79 Å². The number of hydrogen-bond acceptors (Lipinski definition) is 3. The Hall–Kier alpha value is -1.59. The minimum atomic E-state index is -1.35.